The van der Waals surface area contributed by atoms with Gasteiger partial charge in [-0.25, -0.2) is 0 Å². The fraction of sp³-hybridized carbons (Fsp3) is 0.273. The number of halogens is 2. The molecule has 2 aromatic carbocycles. The number of benzene rings is 2. The minimum absolute atomic E-state index is 0.00781. The number of ether oxygens (including phenoxy) is 3. The van der Waals surface area contributed by atoms with Gasteiger partial charge in [0.15, 0.2) is 11.5 Å². The van der Waals surface area contributed by atoms with Crippen molar-refractivity contribution in [3.63, 3.8) is 0 Å². The highest BCUT2D eigenvalue weighted by molar-refractivity contribution is 5.89. The summed E-state index contributed by atoms with van der Waals surface area (Å²) in [6.07, 6.45) is 2.17. The highest BCUT2D eigenvalue weighted by atomic mass is 19.3. The van der Waals surface area contributed by atoms with E-state index < -0.39 is 6.29 Å². The summed E-state index contributed by atoms with van der Waals surface area (Å²) in [5, 5.41) is 0. The first-order chi connectivity index (χ1) is 12.9. The molecule has 140 valence electrons. The highest BCUT2D eigenvalue weighted by Gasteiger charge is 2.43. The first-order valence-electron chi connectivity index (χ1n) is 9.04. The second kappa shape index (κ2) is 6.41. The van der Waals surface area contributed by atoms with E-state index in [0.29, 0.717) is 11.3 Å². The van der Waals surface area contributed by atoms with Crippen LogP contribution in [0.2, 0.25) is 0 Å². The van der Waals surface area contributed by atoms with Crippen LogP contribution in [0, 0.1) is 6.92 Å². The van der Waals surface area contributed by atoms with E-state index in [-0.39, 0.29) is 11.5 Å². The van der Waals surface area contributed by atoms with E-state index in [1.807, 2.05) is 6.08 Å². The minimum atomic E-state index is -3.63. The number of aryl methyl sites for hydroxylation is 2. The van der Waals surface area contributed by atoms with Crippen LogP contribution in [0.5, 0.6) is 17.2 Å². The van der Waals surface area contributed by atoms with Crippen LogP contribution in [0.25, 0.3) is 11.3 Å². The quantitative estimate of drug-likeness (QED) is 0.653. The van der Waals surface area contributed by atoms with E-state index in [1.54, 1.807) is 6.07 Å². The number of allylic oxidation sites excluding steroid dienone is 3. The summed E-state index contributed by atoms with van der Waals surface area (Å²) in [5.74, 6) is 1.45. The molecule has 0 saturated heterocycles. The van der Waals surface area contributed by atoms with E-state index in [1.165, 1.54) is 17.7 Å². The van der Waals surface area contributed by atoms with Gasteiger partial charge in [-0.1, -0.05) is 26.0 Å². The summed E-state index contributed by atoms with van der Waals surface area (Å²) in [6, 6.07) is 8.93. The van der Waals surface area contributed by atoms with Crippen LogP contribution in [0.4, 0.5) is 8.78 Å². The van der Waals surface area contributed by atoms with Crippen molar-refractivity contribution in [3.8, 4) is 17.2 Å². The lowest BCUT2D eigenvalue weighted by Crippen LogP contribution is -2.25. The lowest BCUT2D eigenvalue weighted by atomic mass is 9.93. The van der Waals surface area contributed by atoms with Crippen LogP contribution in [0.3, 0.4) is 0 Å². The molecule has 0 aromatic heterocycles. The fourth-order valence-corrected chi connectivity index (χ4v) is 3.44. The molecular formula is C22H20F2O3. The third-order valence-corrected chi connectivity index (χ3v) is 4.61. The van der Waals surface area contributed by atoms with Gasteiger partial charge < -0.3 is 14.2 Å². The van der Waals surface area contributed by atoms with Crippen LogP contribution in [-0.2, 0) is 6.42 Å². The summed E-state index contributed by atoms with van der Waals surface area (Å²) in [6.45, 7) is 6.23. The Morgan fingerprint density at radius 2 is 1.81 bits per heavy atom. The number of hydrogen-bond acceptors (Lipinski definition) is 3. The maximum atomic E-state index is 13.3. The Labute approximate surface area is 156 Å². The maximum Gasteiger partial charge on any atom is 0.586 e. The standard InChI is InChI=1S/C22H20F2O3/c1-4-6-15-11-19(25-21-14(5-2)9-13(3)10-17(15)21)16-7-8-18-20(12-16)27-22(23,24)26-18/h6-12H,4-5H2,1-3H3/b15-6-. The molecule has 0 atom stereocenters. The smallest absolute Gasteiger partial charge is 0.456 e. The van der Waals surface area contributed by atoms with Gasteiger partial charge in [-0.15, -0.1) is 8.78 Å². The van der Waals surface area contributed by atoms with Gasteiger partial charge >= 0.3 is 6.29 Å². The molecule has 2 aliphatic heterocycles. The molecule has 0 spiro atoms. The Bertz CT molecular complexity index is 974. The predicted octanol–water partition coefficient (Wildman–Crippen LogP) is 6.11. The summed E-state index contributed by atoms with van der Waals surface area (Å²) in [5.41, 5.74) is 5.08. The van der Waals surface area contributed by atoms with Crippen molar-refractivity contribution in [1.82, 2.24) is 0 Å². The normalized spacial score (nSPS) is 18.1. The van der Waals surface area contributed by atoms with Crippen molar-refractivity contribution >= 4 is 11.3 Å². The molecule has 2 heterocycles. The second-order valence-corrected chi connectivity index (χ2v) is 6.66. The predicted molar refractivity (Wildman–Crippen MR) is 100 cm³/mol. The summed E-state index contributed by atoms with van der Waals surface area (Å²) in [7, 11) is 0. The first-order valence-corrected chi connectivity index (χ1v) is 9.04. The topological polar surface area (TPSA) is 27.7 Å². The average Bonchev–Trinajstić information content (AvgIpc) is 2.94. The molecule has 27 heavy (non-hydrogen) atoms. The number of hydrogen-bond donors (Lipinski definition) is 0. The SMILES string of the molecule is CC/C=C1/C=C(c2ccc3c(c2)OC(F)(F)O3)Oc2c(CC)cc(C)cc21. The monoisotopic (exact) mass is 370 g/mol. The molecule has 3 nitrogen and oxygen atoms in total. The number of rotatable bonds is 3. The Kier molecular flexibility index (Phi) is 4.17. The Balaban J connectivity index is 1.79. The van der Waals surface area contributed by atoms with Gasteiger partial charge in [-0.2, -0.15) is 0 Å². The second-order valence-electron chi connectivity index (χ2n) is 6.66. The zero-order chi connectivity index (χ0) is 19.2. The highest BCUT2D eigenvalue weighted by Crippen LogP contribution is 2.45. The Morgan fingerprint density at radius 1 is 1.04 bits per heavy atom. The molecule has 4 rings (SSSR count). The molecule has 5 heteroatoms. The molecule has 0 amide bonds. The molecule has 0 bridgehead atoms. The average molecular weight is 370 g/mol. The van der Waals surface area contributed by atoms with E-state index in [4.69, 9.17) is 4.74 Å². The molecule has 0 radical (unpaired) electrons. The Hall–Kier alpha value is -2.82. The van der Waals surface area contributed by atoms with Crippen LogP contribution in [0.1, 0.15) is 42.5 Å². The van der Waals surface area contributed by atoms with Gasteiger partial charge in [0.25, 0.3) is 0 Å². The molecule has 0 unspecified atom stereocenters. The zero-order valence-corrected chi connectivity index (χ0v) is 15.4. The molecule has 0 aliphatic carbocycles. The van der Waals surface area contributed by atoms with E-state index in [0.717, 1.165) is 35.3 Å². The molecule has 2 aliphatic rings. The van der Waals surface area contributed by atoms with Gasteiger partial charge in [-0.3, -0.25) is 0 Å². The summed E-state index contributed by atoms with van der Waals surface area (Å²) >= 11 is 0. The summed E-state index contributed by atoms with van der Waals surface area (Å²) in [4.78, 5) is 0. The number of fused-ring (bicyclic) bond motifs is 2. The minimum Gasteiger partial charge on any atom is -0.456 e. The zero-order valence-electron chi connectivity index (χ0n) is 15.4. The van der Waals surface area contributed by atoms with Crippen molar-refractivity contribution in [2.45, 2.75) is 39.9 Å². The van der Waals surface area contributed by atoms with Crippen molar-refractivity contribution < 1.29 is 23.0 Å². The molecule has 2 aromatic rings. The van der Waals surface area contributed by atoms with E-state index in [2.05, 4.69) is 48.5 Å². The lowest BCUT2D eigenvalue weighted by Gasteiger charge is -2.24. The van der Waals surface area contributed by atoms with E-state index >= 15 is 0 Å². The molecule has 0 fully saturated rings. The summed E-state index contributed by atoms with van der Waals surface area (Å²) < 4.78 is 41.9. The Morgan fingerprint density at radius 3 is 2.56 bits per heavy atom. The van der Waals surface area contributed by atoms with Gasteiger partial charge in [0.05, 0.1) is 0 Å². The fourth-order valence-electron chi connectivity index (χ4n) is 3.44. The van der Waals surface area contributed by atoms with Gasteiger partial charge in [0, 0.05) is 11.1 Å². The van der Waals surface area contributed by atoms with E-state index in [9.17, 15) is 8.78 Å². The number of alkyl halides is 2. The van der Waals surface area contributed by atoms with Crippen molar-refractivity contribution in [3.05, 3.63) is 64.7 Å². The van der Waals surface area contributed by atoms with Crippen LogP contribution < -0.4 is 14.2 Å². The lowest BCUT2D eigenvalue weighted by molar-refractivity contribution is -0.286. The third-order valence-electron chi connectivity index (χ3n) is 4.61. The van der Waals surface area contributed by atoms with Crippen molar-refractivity contribution in [2.24, 2.45) is 0 Å². The van der Waals surface area contributed by atoms with Crippen LogP contribution in [0.15, 0.2) is 42.5 Å². The van der Waals surface area contributed by atoms with Gasteiger partial charge in [0.2, 0.25) is 0 Å². The largest absolute Gasteiger partial charge is 0.586 e. The first kappa shape index (κ1) is 17.6. The molecular weight excluding hydrogens is 350 g/mol. The third kappa shape index (κ3) is 3.18. The maximum absolute atomic E-state index is 13.3. The van der Waals surface area contributed by atoms with Crippen molar-refractivity contribution in [2.75, 3.05) is 0 Å². The van der Waals surface area contributed by atoms with Crippen molar-refractivity contribution in [1.29, 1.82) is 0 Å². The van der Waals surface area contributed by atoms with Crippen LogP contribution >= 0.6 is 0 Å². The van der Waals surface area contributed by atoms with Gasteiger partial charge in [-0.05, 0) is 66.8 Å². The van der Waals surface area contributed by atoms with Crippen LogP contribution in [-0.4, -0.2) is 6.29 Å². The molecule has 0 N–H and O–H groups in total. The molecule has 0 saturated carbocycles. The van der Waals surface area contributed by atoms with Gasteiger partial charge in [0.1, 0.15) is 11.5 Å².